The lowest BCUT2D eigenvalue weighted by Gasteiger charge is -2.45. The van der Waals surface area contributed by atoms with Gasteiger partial charge in [-0.3, -0.25) is 24.0 Å². The number of hydrogen-bond acceptors (Lipinski definition) is 12. The van der Waals surface area contributed by atoms with Crippen molar-refractivity contribution in [1.82, 2.24) is 16.0 Å². The highest BCUT2D eigenvalue weighted by molar-refractivity contribution is 6.27. The van der Waals surface area contributed by atoms with Gasteiger partial charge < -0.3 is 44.4 Å². The summed E-state index contributed by atoms with van der Waals surface area (Å²) in [5, 5.41) is 7.94. The number of carbonyl (C=O) groups is 6. The second-order valence-corrected chi connectivity index (χ2v) is 13.8. The molecule has 0 radical (unpaired) electrons. The molecule has 3 amide bonds. The normalized spacial score (nSPS) is 19.7. The third-order valence-corrected chi connectivity index (χ3v) is 8.97. The van der Waals surface area contributed by atoms with Crippen LogP contribution in [0.15, 0.2) is 30.3 Å². The first-order chi connectivity index (χ1) is 26.4. The summed E-state index contributed by atoms with van der Waals surface area (Å²) >= 11 is 5.78. The van der Waals surface area contributed by atoms with Gasteiger partial charge in [0.15, 0.2) is 18.5 Å². The molecule has 3 N–H and O–H groups in total. The van der Waals surface area contributed by atoms with Gasteiger partial charge in [0.05, 0.1) is 6.61 Å². The monoisotopic (exact) mass is 797 g/mol. The molecule has 55 heavy (non-hydrogen) atoms. The number of halogens is 1. The third kappa shape index (κ3) is 20.0. The van der Waals surface area contributed by atoms with E-state index in [-0.39, 0.29) is 6.61 Å². The van der Waals surface area contributed by atoms with Crippen LogP contribution in [-0.4, -0.2) is 98.1 Å². The highest BCUT2D eigenvalue weighted by Crippen LogP contribution is 2.28. The number of benzene rings is 1. The Bertz CT molecular complexity index is 1320. The van der Waals surface area contributed by atoms with Crippen molar-refractivity contribution in [2.75, 3.05) is 25.6 Å². The number of nitrogens with one attached hydrogen (secondary N) is 3. The van der Waals surface area contributed by atoms with E-state index in [2.05, 4.69) is 22.9 Å². The molecular formula is C39H60ClN3O12. The van der Waals surface area contributed by atoms with Crippen molar-refractivity contribution in [3.05, 3.63) is 35.9 Å². The Hall–Kier alpha value is -3.95. The van der Waals surface area contributed by atoms with Gasteiger partial charge in [0, 0.05) is 27.3 Å². The molecular weight excluding hydrogens is 738 g/mol. The van der Waals surface area contributed by atoms with E-state index in [0.29, 0.717) is 6.54 Å². The topological polar surface area (TPSA) is 194 Å². The molecule has 0 bridgehead atoms. The first-order valence-corrected chi connectivity index (χ1v) is 19.8. The van der Waals surface area contributed by atoms with Crippen molar-refractivity contribution in [3.63, 3.8) is 0 Å². The Morgan fingerprint density at radius 1 is 0.764 bits per heavy atom. The standard InChI is InChI=1S/C39H60ClN3O12/c1-5-6-7-8-9-10-11-12-13-14-15-19-22-41-37(48)31(42-39(49)52-24-30-20-17-16-18-21-30)25-51-38-34(43-33(47)23-40)36(54-29(4)46)35(53-28(3)45)32(55-38)26-50-27(2)44/h16-18,20-21,31-32,34-36,38H,5-15,19,22-26H2,1-4H3,(H,41,48)(H,42,49)(H,43,47)/t31-,32+,34+,35+,36+,38+/m0/s1. The van der Waals surface area contributed by atoms with Gasteiger partial charge in [-0.1, -0.05) is 108 Å². The molecule has 1 aliphatic heterocycles. The highest BCUT2D eigenvalue weighted by Gasteiger charge is 2.51. The lowest BCUT2D eigenvalue weighted by molar-refractivity contribution is -0.278. The van der Waals surface area contributed by atoms with Gasteiger partial charge in [0.2, 0.25) is 11.8 Å². The Balaban J connectivity index is 2.15. The lowest BCUT2D eigenvalue weighted by Crippen LogP contribution is -2.67. The van der Waals surface area contributed by atoms with Gasteiger partial charge in [-0.2, -0.15) is 0 Å². The van der Waals surface area contributed by atoms with Crippen LogP contribution in [-0.2, 0) is 59.0 Å². The van der Waals surface area contributed by atoms with Crippen LogP contribution in [0.4, 0.5) is 4.79 Å². The first kappa shape index (κ1) is 47.2. The lowest BCUT2D eigenvalue weighted by atomic mass is 9.96. The van der Waals surface area contributed by atoms with Gasteiger partial charge in [-0.05, 0) is 12.0 Å². The van der Waals surface area contributed by atoms with Gasteiger partial charge >= 0.3 is 24.0 Å². The second kappa shape index (κ2) is 27.6. The number of ether oxygens (including phenoxy) is 6. The van der Waals surface area contributed by atoms with Crippen LogP contribution < -0.4 is 16.0 Å². The third-order valence-electron chi connectivity index (χ3n) is 8.73. The predicted molar refractivity (Wildman–Crippen MR) is 203 cm³/mol. The summed E-state index contributed by atoms with van der Waals surface area (Å²) in [7, 11) is 0. The SMILES string of the molecule is CCCCCCCCCCCCCCNC(=O)[C@H](CO[C@@H]1O[C@H](COC(C)=O)[C@@H](OC(C)=O)[C@H](OC(C)=O)[C@H]1NC(=O)CCl)NC(=O)OCc1ccccc1. The molecule has 0 aromatic heterocycles. The molecule has 15 nitrogen and oxygen atoms in total. The maximum Gasteiger partial charge on any atom is 0.408 e. The molecule has 1 aliphatic rings. The number of alkyl carbamates (subject to hydrolysis) is 1. The van der Waals surface area contributed by atoms with Gasteiger partial charge in [0.1, 0.15) is 37.3 Å². The van der Waals surface area contributed by atoms with Crippen molar-refractivity contribution in [1.29, 1.82) is 0 Å². The molecule has 0 spiro atoms. The minimum absolute atomic E-state index is 0.0571. The average molecular weight is 798 g/mol. The number of hydrogen-bond donors (Lipinski definition) is 3. The summed E-state index contributed by atoms with van der Waals surface area (Å²) < 4.78 is 33.5. The molecule has 6 atom stereocenters. The van der Waals surface area contributed by atoms with Crippen LogP contribution in [0.3, 0.4) is 0 Å². The van der Waals surface area contributed by atoms with Crippen molar-refractivity contribution in [2.24, 2.45) is 0 Å². The molecule has 0 saturated carbocycles. The van der Waals surface area contributed by atoms with Crippen molar-refractivity contribution >= 4 is 47.4 Å². The summed E-state index contributed by atoms with van der Waals surface area (Å²) in [5.74, 6) is -4.01. The number of unbranched alkanes of at least 4 members (excludes halogenated alkanes) is 11. The fourth-order valence-corrected chi connectivity index (χ4v) is 6.08. The Morgan fingerprint density at radius 3 is 1.91 bits per heavy atom. The summed E-state index contributed by atoms with van der Waals surface area (Å²) in [4.78, 5) is 75.0. The molecule has 1 aromatic rings. The van der Waals surface area contributed by atoms with E-state index in [1.54, 1.807) is 24.3 Å². The molecule has 1 fully saturated rings. The molecule has 310 valence electrons. The molecule has 0 aliphatic carbocycles. The van der Waals surface area contributed by atoms with E-state index in [1.165, 1.54) is 51.4 Å². The number of esters is 3. The first-order valence-electron chi connectivity index (χ1n) is 19.3. The molecule has 2 rings (SSSR count). The molecule has 1 aromatic carbocycles. The summed E-state index contributed by atoms with van der Waals surface area (Å²) in [5.41, 5.74) is 0.730. The largest absolute Gasteiger partial charge is 0.463 e. The van der Waals surface area contributed by atoms with Crippen LogP contribution >= 0.6 is 11.6 Å². The molecule has 1 heterocycles. The van der Waals surface area contributed by atoms with Gasteiger partial charge in [-0.25, -0.2) is 4.79 Å². The number of alkyl halides is 1. The van der Waals surface area contributed by atoms with E-state index in [1.807, 2.05) is 6.07 Å². The number of amides is 3. The van der Waals surface area contributed by atoms with Gasteiger partial charge in [0.25, 0.3) is 0 Å². The molecule has 1 saturated heterocycles. The summed E-state index contributed by atoms with van der Waals surface area (Å²) in [6.07, 6.45) is 7.58. The predicted octanol–water partition coefficient (Wildman–Crippen LogP) is 4.99. The minimum atomic E-state index is -1.49. The minimum Gasteiger partial charge on any atom is -0.463 e. The highest BCUT2D eigenvalue weighted by atomic mass is 35.5. The van der Waals surface area contributed by atoms with E-state index < -0.39 is 91.6 Å². The second-order valence-electron chi connectivity index (χ2n) is 13.5. The maximum atomic E-state index is 13.5. The van der Waals surface area contributed by atoms with E-state index in [9.17, 15) is 28.8 Å². The molecule has 16 heteroatoms. The van der Waals surface area contributed by atoms with Crippen LogP contribution in [0.5, 0.6) is 0 Å². The summed E-state index contributed by atoms with van der Waals surface area (Å²) in [6.45, 7) is 4.94. The zero-order valence-corrected chi connectivity index (χ0v) is 33.4. The van der Waals surface area contributed by atoms with E-state index in [0.717, 1.165) is 52.0 Å². The van der Waals surface area contributed by atoms with Crippen molar-refractivity contribution in [3.8, 4) is 0 Å². The van der Waals surface area contributed by atoms with Crippen LogP contribution in [0, 0.1) is 0 Å². The van der Waals surface area contributed by atoms with Crippen LogP contribution in [0.25, 0.3) is 0 Å². The Kier molecular flexibility index (Phi) is 23.7. The summed E-state index contributed by atoms with van der Waals surface area (Å²) in [6, 6.07) is 6.33. The fourth-order valence-electron chi connectivity index (χ4n) is 6.00. The number of rotatable bonds is 26. The van der Waals surface area contributed by atoms with Crippen LogP contribution in [0.1, 0.15) is 110 Å². The van der Waals surface area contributed by atoms with Crippen molar-refractivity contribution < 1.29 is 57.2 Å². The zero-order chi connectivity index (χ0) is 40.4. The smallest absolute Gasteiger partial charge is 0.408 e. The fraction of sp³-hybridized carbons (Fsp3) is 0.692. The van der Waals surface area contributed by atoms with Crippen molar-refractivity contribution in [2.45, 2.75) is 148 Å². The van der Waals surface area contributed by atoms with Gasteiger partial charge in [-0.15, -0.1) is 11.6 Å². The Morgan fingerprint density at radius 2 is 1.35 bits per heavy atom. The Labute approximate surface area is 329 Å². The van der Waals surface area contributed by atoms with E-state index in [4.69, 9.17) is 40.0 Å². The maximum absolute atomic E-state index is 13.5. The average Bonchev–Trinajstić information content (AvgIpc) is 3.15. The zero-order valence-electron chi connectivity index (χ0n) is 32.6. The molecule has 0 unspecified atom stereocenters. The van der Waals surface area contributed by atoms with Crippen LogP contribution in [0.2, 0.25) is 0 Å². The quantitative estimate of drug-likeness (QED) is 0.0493. The number of carbonyl (C=O) groups excluding carboxylic acids is 6. The van der Waals surface area contributed by atoms with E-state index >= 15 is 0 Å².